The molecule has 0 N–H and O–H groups in total. The molecule has 14 heavy (non-hydrogen) atoms. The third kappa shape index (κ3) is 4.40. The molecular weight excluding hydrogens is 225 g/mol. The van der Waals surface area contributed by atoms with Crippen molar-refractivity contribution in [2.45, 2.75) is 24.8 Å². The van der Waals surface area contributed by atoms with Crippen molar-refractivity contribution in [2.75, 3.05) is 0 Å². The van der Waals surface area contributed by atoms with E-state index in [0.29, 0.717) is 0 Å². The van der Waals surface area contributed by atoms with Crippen LogP contribution in [-0.2, 0) is 9.53 Å². The summed E-state index contributed by atoms with van der Waals surface area (Å²) in [5.41, 5.74) is 0. The second kappa shape index (κ2) is 4.11. The van der Waals surface area contributed by atoms with Crippen LogP contribution in [0.4, 0.5) is 30.7 Å². The minimum Gasteiger partial charge on any atom is -0.300 e. The number of carbonyl (C=O) groups excluding carboxylic acids is 1. The van der Waals surface area contributed by atoms with Crippen LogP contribution in [-0.4, -0.2) is 31.1 Å². The van der Waals surface area contributed by atoms with Gasteiger partial charge in [0.2, 0.25) is 0 Å². The zero-order valence-electron chi connectivity index (χ0n) is 6.19. The van der Waals surface area contributed by atoms with E-state index in [-0.39, 0.29) is 0 Å². The molecule has 0 aromatic carbocycles. The fourth-order valence-electron chi connectivity index (χ4n) is 0.528. The Bertz CT molecular complexity index is 195. The normalized spacial score (nSPS) is 17.6. The van der Waals surface area contributed by atoms with Crippen LogP contribution in [0.3, 0.4) is 0 Å². The quantitative estimate of drug-likeness (QED) is 0.545. The van der Waals surface area contributed by atoms with Crippen LogP contribution in [0, 0.1) is 0 Å². The van der Waals surface area contributed by atoms with E-state index >= 15 is 0 Å². The van der Waals surface area contributed by atoms with Crippen LogP contribution in [0.25, 0.3) is 0 Å². The molecule has 0 aromatic rings. The van der Waals surface area contributed by atoms with Gasteiger partial charge in [-0.05, 0) is 0 Å². The van der Waals surface area contributed by atoms with Crippen molar-refractivity contribution < 1.29 is 40.3 Å². The molecule has 0 spiro atoms. The highest BCUT2D eigenvalue weighted by atomic mass is 19.4. The number of rotatable bonds is 3. The molecule has 0 bridgehead atoms. The molecule has 0 fully saturated rings. The van der Waals surface area contributed by atoms with Gasteiger partial charge >= 0.3 is 12.5 Å². The number of alkyl halides is 7. The highest BCUT2D eigenvalue weighted by Gasteiger charge is 2.52. The van der Waals surface area contributed by atoms with Crippen molar-refractivity contribution in [3.8, 4) is 0 Å². The fourth-order valence-corrected chi connectivity index (χ4v) is 0.528. The smallest absolute Gasteiger partial charge is 0.300 e. The zero-order chi connectivity index (χ0) is 11.6. The van der Waals surface area contributed by atoms with Crippen LogP contribution in [0.15, 0.2) is 0 Å². The van der Waals surface area contributed by atoms with Gasteiger partial charge in [0, 0.05) is 0 Å². The van der Waals surface area contributed by atoms with Crippen molar-refractivity contribution in [2.24, 2.45) is 0 Å². The van der Waals surface area contributed by atoms with Gasteiger partial charge < -0.3 is 0 Å². The first-order chi connectivity index (χ1) is 6.08. The Morgan fingerprint density at radius 2 is 1.50 bits per heavy atom. The molecule has 0 aromatic heterocycles. The largest absolute Gasteiger partial charge is 0.523 e. The van der Waals surface area contributed by atoms with E-state index in [9.17, 15) is 35.5 Å². The van der Waals surface area contributed by atoms with Gasteiger partial charge in [-0.25, -0.2) is 4.39 Å². The SMILES string of the molecule is O=CC(F)C(OC(F)(F)F)C(F)(F)F. The van der Waals surface area contributed by atoms with Crippen LogP contribution in [0.1, 0.15) is 0 Å². The fraction of sp³-hybridized carbons (Fsp3) is 0.800. The average Bonchev–Trinajstić information content (AvgIpc) is 1.95. The average molecular weight is 228 g/mol. The summed E-state index contributed by atoms with van der Waals surface area (Å²) in [6, 6.07) is 0. The van der Waals surface area contributed by atoms with Gasteiger partial charge in [-0.3, -0.25) is 9.53 Å². The Morgan fingerprint density at radius 3 is 1.71 bits per heavy atom. The molecule has 0 amide bonds. The molecule has 0 heterocycles. The van der Waals surface area contributed by atoms with E-state index in [4.69, 9.17) is 0 Å². The van der Waals surface area contributed by atoms with Crippen LogP contribution >= 0.6 is 0 Å². The molecule has 2 nitrogen and oxygen atoms in total. The van der Waals surface area contributed by atoms with E-state index in [1.54, 1.807) is 0 Å². The Kier molecular flexibility index (Phi) is 3.86. The molecule has 0 rings (SSSR count). The molecular formula is C5H3F7O2. The van der Waals surface area contributed by atoms with Gasteiger partial charge in [0.25, 0.3) is 0 Å². The van der Waals surface area contributed by atoms with E-state index in [2.05, 4.69) is 4.74 Å². The molecule has 0 saturated heterocycles. The minimum atomic E-state index is -5.66. The summed E-state index contributed by atoms with van der Waals surface area (Å²) in [5, 5.41) is 0. The summed E-state index contributed by atoms with van der Waals surface area (Å²) in [6.45, 7) is 0. The molecule has 0 radical (unpaired) electrons. The number of halogens is 7. The maximum Gasteiger partial charge on any atom is 0.523 e. The second-order valence-electron chi connectivity index (χ2n) is 2.11. The van der Waals surface area contributed by atoms with Crippen molar-refractivity contribution in [1.29, 1.82) is 0 Å². The first-order valence-corrected chi connectivity index (χ1v) is 2.98. The summed E-state index contributed by atoms with van der Waals surface area (Å²) in [7, 11) is 0. The lowest BCUT2D eigenvalue weighted by atomic mass is 10.2. The van der Waals surface area contributed by atoms with Crippen LogP contribution in [0.5, 0.6) is 0 Å². The highest BCUT2D eigenvalue weighted by molar-refractivity contribution is 5.57. The number of aldehydes is 1. The topological polar surface area (TPSA) is 26.3 Å². The lowest BCUT2D eigenvalue weighted by molar-refractivity contribution is -0.384. The van der Waals surface area contributed by atoms with Gasteiger partial charge in [0.1, 0.15) is 0 Å². The van der Waals surface area contributed by atoms with Gasteiger partial charge in [-0.1, -0.05) is 0 Å². The molecule has 2 atom stereocenters. The number of ether oxygens (including phenoxy) is 1. The lowest BCUT2D eigenvalue weighted by Gasteiger charge is -2.21. The summed E-state index contributed by atoms with van der Waals surface area (Å²) < 4.78 is 83.5. The highest BCUT2D eigenvalue weighted by Crippen LogP contribution is 2.31. The Labute approximate surface area is 72.6 Å². The lowest BCUT2D eigenvalue weighted by Crippen LogP contribution is -2.44. The Morgan fingerprint density at radius 1 is 1.07 bits per heavy atom. The second-order valence-corrected chi connectivity index (χ2v) is 2.11. The molecule has 84 valence electrons. The van der Waals surface area contributed by atoms with Gasteiger partial charge in [-0.15, -0.1) is 13.2 Å². The standard InChI is InChI=1S/C5H3F7O2/c6-2(1-13)3(4(7,8)9)14-5(10,11)12/h1-3H. The molecule has 0 saturated carbocycles. The van der Waals surface area contributed by atoms with Crippen LogP contribution < -0.4 is 0 Å². The number of carbonyl (C=O) groups is 1. The van der Waals surface area contributed by atoms with Crippen molar-refractivity contribution in [3.05, 3.63) is 0 Å². The monoisotopic (exact) mass is 228 g/mol. The van der Waals surface area contributed by atoms with Crippen molar-refractivity contribution in [3.63, 3.8) is 0 Å². The summed E-state index contributed by atoms with van der Waals surface area (Å²) in [6.07, 6.45) is -19.4. The van der Waals surface area contributed by atoms with Gasteiger partial charge in [0.15, 0.2) is 18.6 Å². The third-order valence-electron chi connectivity index (χ3n) is 1.00. The summed E-state index contributed by atoms with van der Waals surface area (Å²) in [5.74, 6) is 0. The molecule has 2 unspecified atom stereocenters. The van der Waals surface area contributed by atoms with E-state index in [1.165, 1.54) is 0 Å². The zero-order valence-corrected chi connectivity index (χ0v) is 6.19. The van der Waals surface area contributed by atoms with E-state index < -0.39 is 31.1 Å². The maximum absolute atomic E-state index is 12.1. The van der Waals surface area contributed by atoms with Crippen molar-refractivity contribution in [1.82, 2.24) is 0 Å². The first kappa shape index (κ1) is 13.1. The number of hydrogen-bond acceptors (Lipinski definition) is 2. The van der Waals surface area contributed by atoms with E-state index in [0.717, 1.165) is 0 Å². The van der Waals surface area contributed by atoms with Gasteiger partial charge in [-0.2, -0.15) is 13.2 Å². The minimum absolute atomic E-state index is 0.913. The Balaban J connectivity index is 4.66. The summed E-state index contributed by atoms with van der Waals surface area (Å²) >= 11 is 0. The number of hydrogen-bond donors (Lipinski definition) is 0. The van der Waals surface area contributed by atoms with E-state index in [1.807, 2.05) is 0 Å². The van der Waals surface area contributed by atoms with Gasteiger partial charge in [0.05, 0.1) is 0 Å². The first-order valence-electron chi connectivity index (χ1n) is 2.98. The predicted octanol–water partition coefficient (Wildman–Crippen LogP) is 1.99. The van der Waals surface area contributed by atoms with Crippen molar-refractivity contribution >= 4 is 6.29 Å². The molecule has 0 aliphatic rings. The molecule has 0 aliphatic carbocycles. The maximum atomic E-state index is 12.1. The van der Waals surface area contributed by atoms with Crippen LogP contribution in [0.2, 0.25) is 0 Å². The molecule has 0 aliphatic heterocycles. The predicted molar refractivity (Wildman–Crippen MR) is 27.9 cm³/mol. The Hall–Kier alpha value is -0.860. The summed E-state index contributed by atoms with van der Waals surface area (Å²) in [4.78, 5) is 9.56. The third-order valence-corrected chi connectivity index (χ3v) is 1.00. The molecule has 9 heteroatoms.